The SMILES string of the molecule is COCCN1CC(C(=O)N(C)Cc2ccc(C)o2)CCC1=O. The van der Waals surface area contributed by atoms with E-state index in [4.69, 9.17) is 9.15 Å². The fourth-order valence-corrected chi connectivity index (χ4v) is 2.73. The van der Waals surface area contributed by atoms with Crippen molar-refractivity contribution in [1.82, 2.24) is 9.80 Å². The van der Waals surface area contributed by atoms with Gasteiger partial charge in [-0.05, 0) is 25.5 Å². The van der Waals surface area contributed by atoms with E-state index in [1.165, 1.54) is 0 Å². The summed E-state index contributed by atoms with van der Waals surface area (Å²) in [6.45, 7) is 3.85. The van der Waals surface area contributed by atoms with E-state index in [1.54, 1.807) is 24.0 Å². The zero-order valence-corrected chi connectivity index (χ0v) is 13.5. The fraction of sp³-hybridized carbons (Fsp3) is 0.625. The molecule has 1 atom stereocenters. The molecule has 1 fully saturated rings. The minimum Gasteiger partial charge on any atom is -0.464 e. The summed E-state index contributed by atoms with van der Waals surface area (Å²) < 4.78 is 10.5. The van der Waals surface area contributed by atoms with Gasteiger partial charge in [0.2, 0.25) is 11.8 Å². The number of piperidine rings is 1. The molecule has 1 aliphatic rings. The lowest BCUT2D eigenvalue weighted by atomic mass is 9.96. The van der Waals surface area contributed by atoms with Crippen LogP contribution in [0.25, 0.3) is 0 Å². The van der Waals surface area contributed by atoms with E-state index >= 15 is 0 Å². The standard InChI is InChI=1S/C16H24N2O4/c1-12-4-6-14(22-12)11-17(2)16(20)13-5-7-15(19)18(10-13)8-9-21-3/h4,6,13H,5,7-11H2,1-3H3. The van der Waals surface area contributed by atoms with Crippen molar-refractivity contribution in [3.63, 3.8) is 0 Å². The van der Waals surface area contributed by atoms with Gasteiger partial charge in [0.25, 0.3) is 0 Å². The average Bonchev–Trinajstić information content (AvgIpc) is 2.90. The number of aryl methyl sites for hydroxylation is 1. The third-order valence-corrected chi connectivity index (χ3v) is 3.98. The van der Waals surface area contributed by atoms with Crippen molar-refractivity contribution in [2.75, 3.05) is 33.9 Å². The van der Waals surface area contributed by atoms with E-state index in [2.05, 4.69) is 0 Å². The predicted molar refractivity (Wildman–Crippen MR) is 81.1 cm³/mol. The van der Waals surface area contributed by atoms with E-state index in [-0.39, 0.29) is 17.7 Å². The molecule has 1 saturated heterocycles. The Labute approximate surface area is 131 Å². The molecule has 0 N–H and O–H groups in total. The molecule has 6 nitrogen and oxygen atoms in total. The Morgan fingerprint density at radius 3 is 2.91 bits per heavy atom. The number of rotatable bonds is 6. The average molecular weight is 308 g/mol. The minimum absolute atomic E-state index is 0.0592. The highest BCUT2D eigenvalue weighted by atomic mass is 16.5. The Morgan fingerprint density at radius 2 is 2.27 bits per heavy atom. The van der Waals surface area contributed by atoms with E-state index in [1.807, 2.05) is 19.1 Å². The van der Waals surface area contributed by atoms with Crippen LogP contribution in [0.4, 0.5) is 0 Å². The van der Waals surface area contributed by atoms with E-state index < -0.39 is 0 Å². The summed E-state index contributed by atoms with van der Waals surface area (Å²) in [5.41, 5.74) is 0. The van der Waals surface area contributed by atoms with Crippen molar-refractivity contribution in [3.05, 3.63) is 23.7 Å². The smallest absolute Gasteiger partial charge is 0.227 e. The first kappa shape index (κ1) is 16.5. The van der Waals surface area contributed by atoms with Gasteiger partial charge in [0, 0.05) is 33.7 Å². The summed E-state index contributed by atoms with van der Waals surface area (Å²) in [6.07, 6.45) is 1.04. The lowest BCUT2D eigenvalue weighted by molar-refractivity contribution is -0.143. The first-order chi connectivity index (χ1) is 10.5. The molecule has 1 aromatic heterocycles. The molecule has 1 aromatic rings. The normalized spacial score (nSPS) is 18.6. The van der Waals surface area contributed by atoms with Crippen LogP contribution in [0.1, 0.15) is 24.4 Å². The topological polar surface area (TPSA) is 63.0 Å². The van der Waals surface area contributed by atoms with Gasteiger partial charge in [-0.2, -0.15) is 0 Å². The molecule has 22 heavy (non-hydrogen) atoms. The Bertz CT molecular complexity index is 526. The van der Waals surface area contributed by atoms with Gasteiger partial charge in [0.15, 0.2) is 0 Å². The summed E-state index contributed by atoms with van der Waals surface area (Å²) in [7, 11) is 3.38. The molecular formula is C16H24N2O4. The van der Waals surface area contributed by atoms with E-state index in [0.717, 1.165) is 11.5 Å². The predicted octanol–water partition coefficient (Wildman–Crippen LogP) is 1.43. The Balaban J connectivity index is 1.91. The second-order valence-corrected chi connectivity index (χ2v) is 5.77. The van der Waals surface area contributed by atoms with Gasteiger partial charge < -0.3 is 19.0 Å². The molecule has 2 heterocycles. The lowest BCUT2D eigenvalue weighted by Crippen LogP contribution is -2.47. The first-order valence-electron chi connectivity index (χ1n) is 7.58. The monoisotopic (exact) mass is 308 g/mol. The molecule has 6 heteroatoms. The maximum atomic E-state index is 12.6. The quantitative estimate of drug-likeness (QED) is 0.797. The summed E-state index contributed by atoms with van der Waals surface area (Å²) >= 11 is 0. The van der Waals surface area contributed by atoms with Gasteiger partial charge in [-0.1, -0.05) is 0 Å². The largest absolute Gasteiger partial charge is 0.464 e. The van der Waals surface area contributed by atoms with Crippen LogP contribution in [0.3, 0.4) is 0 Å². The number of hydrogen-bond donors (Lipinski definition) is 0. The van der Waals surface area contributed by atoms with Crippen molar-refractivity contribution in [1.29, 1.82) is 0 Å². The van der Waals surface area contributed by atoms with E-state index in [9.17, 15) is 9.59 Å². The number of furan rings is 1. The van der Waals surface area contributed by atoms with Crippen molar-refractivity contribution < 1.29 is 18.7 Å². The van der Waals surface area contributed by atoms with Crippen LogP contribution < -0.4 is 0 Å². The highest BCUT2D eigenvalue weighted by Crippen LogP contribution is 2.20. The number of carbonyl (C=O) groups is 2. The van der Waals surface area contributed by atoms with Gasteiger partial charge in [-0.15, -0.1) is 0 Å². The molecule has 0 spiro atoms. The van der Waals surface area contributed by atoms with Gasteiger partial charge >= 0.3 is 0 Å². The molecular weight excluding hydrogens is 284 g/mol. The molecule has 2 rings (SSSR count). The number of likely N-dealkylation sites (tertiary alicyclic amines) is 1. The summed E-state index contributed by atoms with van der Waals surface area (Å²) in [6, 6.07) is 3.77. The Hall–Kier alpha value is -1.82. The van der Waals surface area contributed by atoms with Gasteiger partial charge in [-0.3, -0.25) is 9.59 Å². The van der Waals surface area contributed by atoms with Crippen LogP contribution >= 0.6 is 0 Å². The molecule has 2 amide bonds. The zero-order chi connectivity index (χ0) is 16.1. The van der Waals surface area contributed by atoms with Gasteiger partial charge in [0.1, 0.15) is 11.5 Å². The van der Waals surface area contributed by atoms with Crippen LogP contribution in [-0.4, -0.2) is 55.5 Å². The van der Waals surface area contributed by atoms with Crippen LogP contribution in [0, 0.1) is 12.8 Å². The second kappa shape index (κ2) is 7.45. The highest BCUT2D eigenvalue weighted by molar-refractivity contribution is 5.83. The zero-order valence-electron chi connectivity index (χ0n) is 13.5. The van der Waals surface area contributed by atoms with Crippen molar-refractivity contribution in [3.8, 4) is 0 Å². The fourth-order valence-electron chi connectivity index (χ4n) is 2.73. The highest BCUT2D eigenvalue weighted by Gasteiger charge is 2.31. The molecule has 0 aromatic carbocycles. The molecule has 122 valence electrons. The number of nitrogens with zero attached hydrogens (tertiary/aromatic N) is 2. The molecule has 0 saturated carbocycles. The van der Waals surface area contributed by atoms with Crippen molar-refractivity contribution >= 4 is 11.8 Å². The molecule has 0 radical (unpaired) electrons. The van der Waals surface area contributed by atoms with Crippen LogP contribution in [0.5, 0.6) is 0 Å². The van der Waals surface area contributed by atoms with Crippen LogP contribution in [0.15, 0.2) is 16.5 Å². The molecule has 0 aliphatic carbocycles. The molecule has 1 unspecified atom stereocenters. The number of amides is 2. The Kier molecular flexibility index (Phi) is 5.60. The van der Waals surface area contributed by atoms with Crippen LogP contribution in [-0.2, 0) is 20.9 Å². The molecule has 1 aliphatic heterocycles. The summed E-state index contributed by atoms with van der Waals surface area (Å²) in [4.78, 5) is 27.8. The van der Waals surface area contributed by atoms with Crippen LogP contribution in [0.2, 0.25) is 0 Å². The lowest BCUT2D eigenvalue weighted by Gasteiger charge is -2.33. The third kappa shape index (κ3) is 4.10. The minimum atomic E-state index is -0.143. The van der Waals surface area contributed by atoms with Crippen molar-refractivity contribution in [2.24, 2.45) is 5.92 Å². The molecule has 0 bridgehead atoms. The number of carbonyl (C=O) groups excluding carboxylic acids is 2. The maximum Gasteiger partial charge on any atom is 0.227 e. The number of ether oxygens (including phenoxy) is 1. The third-order valence-electron chi connectivity index (χ3n) is 3.98. The number of methoxy groups -OCH3 is 1. The second-order valence-electron chi connectivity index (χ2n) is 5.77. The summed E-state index contributed by atoms with van der Waals surface area (Å²) in [5, 5.41) is 0. The maximum absolute atomic E-state index is 12.6. The Morgan fingerprint density at radius 1 is 1.50 bits per heavy atom. The number of hydrogen-bond acceptors (Lipinski definition) is 4. The van der Waals surface area contributed by atoms with Gasteiger partial charge in [-0.25, -0.2) is 0 Å². The van der Waals surface area contributed by atoms with E-state index in [0.29, 0.717) is 39.1 Å². The van der Waals surface area contributed by atoms with Gasteiger partial charge in [0.05, 0.1) is 19.1 Å². The summed E-state index contributed by atoms with van der Waals surface area (Å²) in [5.74, 6) is 1.63. The van der Waals surface area contributed by atoms with Crippen molar-refractivity contribution in [2.45, 2.75) is 26.3 Å². The first-order valence-corrected chi connectivity index (χ1v) is 7.58.